The Morgan fingerprint density at radius 1 is 0.763 bits per heavy atom. The van der Waals surface area contributed by atoms with Crippen molar-refractivity contribution in [3.63, 3.8) is 0 Å². The fraction of sp³-hybridized carbons (Fsp3) is 0.240. The van der Waals surface area contributed by atoms with Crippen molar-refractivity contribution in [2.45, 2.75) is 6.92 Å². The molecule has 1 aliphatic heterocycles. The molecule has 1 saturated heterocycles. The molecule has 0 spiro atoms. The van der Waals surface area contributed by atoms with Gasteiger partial charge in [0.2, 0.25) is 5.95 Å². The van der Waals surface area contributed by atoms with Crippen LogP contribution in [0.25, 0.3) is 11.5 Å². The first-order chi connectivity index (χ1) is 18.3. The number of rotatable bonds is 8. The summed E-state index contributed by atoms with van der Waals surface area (Å²) in [4.78, 5) is 24.2. The molecule has 1 aromatic carbocycles. The standard InChI is InChI=1S/C25H28N10O2S/c1-18-4-3-5-21(28-18)24-26-12-10-22(31-24)30-23-11-13-27-25(32-23)29-19-6-8-20(9-7-19)33-38(36,37)35-16-14-34(2)15-17-35/h3-13,33H,14-17H2,1-2H3,(H2,26,27,29,30,31,32). The van der Waals surface area contributed by atoms with Gasteiger partial charge in [-0.1, -0.05) is 6.07 Å². The quantitative estimate of drug-likeness (QED) is 0.310. The highest BCUT2D eigenvalue weighted by Crippen LogP contribution is 2.21. The smallest absolute Gasteiger partial charge is 0.301 e. The molecule has 3 aromatic heterocycles. The van der Waals surface area contributed by atoms with Crippen molar-refractivity contribution in [1.82, 2.24) is 34.1 Å². The van der Waals surface area contributed by atoms with Gasteiger partial charge in [-0.3, -0.25) is 4.72 Å². The summed E-state index contributed by atoms with van der Waals surface area (Å²) in [7, 11) is -1.62. The molecule has 0 saturated carbocycles. The van der Waals surface area contributed by atoms with Crippen molar-refractivity contribution in [3.8, 4) is 11.5 Å². The Labute approximate surface area is 221 Å². The van der Waals surface area contributed by atoms with Crippen molar-refractivity contribution in [2.24, 2.45) is 0 Å². The molecular formula is C25H28N10O2S. The van der Waals surface area contributed by atoms with E-state index in [1.54, 1.807) is 48.8 Å². The van der Waals surface area contributed by atoms with Crippen LogP contribution in [0.2, 0.25) is 0 Å². The highest BCUT2D eigenvalue weighted by molar-refractivity contribution is 7.90. The third-order valence-electron chi connectivity index (χ3n) is 5.87. The zero-order valence-electron chi connectivity index (χ0n) is 21.0. The molecule has 0 unspecified atom stereocenters. The number of benzene rings is 1. The van der Waals surface area contributed by atoms with Crippen LogP contribution in [-0.2, 0) is 10.2 Å². The van der Waals surface area contributed by atoms with Gasteiger partial charge < -0.3 is 15.5 Å². The van der Waals surface area contributed by atoms with Gasteiger partial charge in [-0.15, -0.1) is 0 Å². The van der Waals surface area contributed by atoms with Gasteiger partial charge >= 0.3 is 10.2 Å². The number of aromatic nitrogens is 5. The Kier molecular flexibility index (Phi) is 7.40. The van der Waals surface area contributed by atoms with E-state index in [9.17, 15) is 8.42 Å². The van der Waals surface area contributed by atoms with Crippen LogP contribution < -0.4 is 15.4 Å². The highest BCUT2D eigenvalue weighted by atomic mass is 32.2. The predicted molar refractivity (Wildman–Crippen MR) is 147 cm³/mol. The van der Waals surface area contributed by atoms with Crippen LogP contribution in [0.3, 0.4) is 0 Å². The minimum atomic E-state index is -3.60. The van der Waals surface area contributed by atoms with Gasteiger partial charge in [0.15, 0.2) is 5.82 Å². The van der Waals surface area contributed by atoms with E-state index >= 15 is 0 Å². The van der Waals surface area contributed by atoms with E-state index < -0.39 is 10.2 Å². The van der Waals surface area contributed by atoms with E-state index in [1.165, 1.54) is 4.31 Å². The molecular weight excluding hydrogens is 504 g/mol. The van der Waals surface area contributed by atoms with E-state index in [2.05, 4.69) is 45.2 Å². The van der Waals surface area contributed by atoms with Crippen molar-refractivity contribution in [1.29, 1.82) is 0 Å². The largest absolute Gasteiger partial charge is 0.325 e. The molecule has 0 radical (unpaired) electrons. The second-order valence-corrected chi connectivity index (χ2v) is 10.5. The van der Waals surface area contributed by atoms with Gasteiger partial charge in [-0.25, -0.2) is 19.9 Å². The fourth-order valence-corrected chi connectivity index (χ4v) is 5.04. The molecule has 4 aromatic rings. The normalized spacial score (nSPS) is 14.7. The van der Waals surface area contributed by atoms with Gasteiger partial charge in [0, 0.05) is 55.6 Å². The SMILES string of the molecule is Cc1cccc(-c2nccc(Nc3ccnc(Nc4ccc(NS(=O)(=O)N5CCN(C)CC5)cc4)n3)n2)n1. The van der Waals surface area contributed by atoms with Crippen LogP contribution in [-0.4, -0.2) is 75.8 Å². The van der Waals surface area contributed by atoms with Crippen LogP contribution >= 0.6 is 0 Å². The Balaban J connectivity index is 1.23. The first-order valence-corrected chi connectivity index (χ1v) is 13.5. The fourth-order valence-electron chi connectivity index (χ4n) is 3.83. The van der Waals surface area contributed by atoms with Crippen molar-refractivity contribution in [2.75, 3.05) is 48.6 Å². The third kappa shape index (κ3) is 6.37. The number of pyridine rings is 1. The minimum absolute atomic E-state index is 0.371. The van der Waals surface area contributed by atoms with Crippen LogP contribution in [0.1, 0.15) is 5.69 Å². The lowest BCUT2D eigenvalue weighted by atomic mass is 10.3. The maximum atomic E-state index is 12.7. The highest BCUT2D eigenvalue weighted by Gasteiger charge is 2.25. The van der Waals surface area contributed by atoms with Gasteiger partial charge in [0.25, 0.3) is 0 Å². The van der Waals surface area contributed by atoms with Crippen molar-refractivity contribution < 1.29 is 8.42 Å². The van der Waals surface area contributed by atoms with E-state index in [4.69, 9.17) is 0 Å². The first-order valence-electron chi connectivity index (χ1n) is 12.0. The molecule has 1 fully saturated rings. The number of piperazine rings is 1. The summed E-state index contributed by atoms with van der Waals surface area (Å²) in [5, 5.41) is 6.30. The average Bonchev–Trinajstić information content (AvgIpc) is 2.90. The Hall–Kier alpha value is -4.20. The molecule has 1 aliphatic rings. The number of nitrogens with one attached hydrogen (secondary N) is 3. The number of aryl methyl sites for hydroxylation is 1. The lowest BCUT2D eigenvalue weighted by molar-refractivity contribution is 0.223. The van der Waals surface area contributed by atoms with Gasteiger partial charge in [-0.2, -0.15) is 17.7 Å². The Morgan fingerprint density at radius 2 is 1.45 bits per heavy atom. The maximum Gasteiger partial charge on any atom is 0.301 e. The van der Waals surface area contributed by atoms with Gasteiger partial charge in [-0.05, 0) is 62.5 Å². The number of anilines is 5. The Bertz CT molecular complexity index is 1510. The summed E-state index contributed by atoms with van der Waals surface area (Å²) in [6.07, 6.45) is 3.29. The zero-order chi connectivity index (χ0) is 26.5. The summed E-state index contributed by atoms with van der Waals surface area (Å²) >= 11 is 0. The van der Waals surface area contributed by atoms with Gasteiger partial charge in [0.05, 0.1) is 0 Å². The van der Waals surface area contributed by atoms with Gasteiger partial charge in [0.1, 0.15) is 17.3 Å². The summed E-state index contributed by atoms with van der Waals surface area (Å²) in [5.41, 5.74) is 2.76. The lowest BCUT2D eigenvalue weighted by Crippen LogP contribution is -2.48. The minimum Gasteiger partial charge on any atom is -0.325 e. The van der Waals surface area contributed by atoms with E-state index in [0.29, 0.717) is 66.7 Å². The number of hydrogen-bond donors (Lipinski definition) is 3. The molecule has 0 atom stereocenters. The summed E-state index contributed by atoms with van der Waals surface area (Å²) in [6, 6.07) is 16.1. The second kappa shape index (κ2) is 11.0. The number of hydrogen-bond acceptors (Lipinski definition) is 10. The molecule has 13 heteroatoms. The summed E-state index contributed by atoms with van der Waals surface area (Å²) in [6.45, 7) is 4.26. The lowest BCUT2D eigenvalue weighted by Gasteiger charge is -2.31. The van der Waals surface area contributed by atoms with Crippen LogP contribution in [0.15, 0.2) is 67.0 Å². The second-order valence-electron chi connectivity index (χ2n) is 8.83. The third-order valence-corrected chi connectivity index (χ3v) is 7.41. The zero-order valence-corrected chi connectivity index (χ0v) is 21.9. The molecule has 0 amide bonds. The first kappa shape index (κ1) is 25.4. The van der Waals surface area contributed by atoms with Crippen LogP contribution in [0.4, 0.5) is 29.0 Å². The molecule has 0 aliphatic carbocycles. The molecule has 3 N–H and O–H groups in total. The summed E-state index contributed by atoms with van der Waals surface area (Å²) in [5.74, 6) is 1.99. The van der Waals surface area contributed by atoms with Crippen LogP contribution in [0.5, 0.6) is 0 Å². The Morgan fingerprint density at radius 3 is 2.18 bits per heavy atom. The molecule has 5 rings (SSSR count). The molecule has 4 heterocycles. The average molecular weight is 533 g/mol. The molecule has 12 nitrogen and oxygen atoms in total. The summed E-state index contributed by atoms with van der Waals surface area (Å²) < 4.78 is 29.5. The topological polar surface area (TPSA) is 141 Å². The van der Waals surface area contributed by atoms with E-state index in [0.717, 1.165) is 5.69 Å². The predicted octanol–water partition coefficient (Wildman–Crippen LogP) is 3.03. The van der Waals surface area contributed by atoms with Crippen LogP contribution in [0, 0.1) is 6.92 Å². The molecule has 38 heavy (non-hydrogen) atoms. The number of nitrogens with zero attached hydrogens (tertiary/aromatic N) is 7. The monoisotopic (exact) mass is 532 g/mol. The maximum absolute atomic E-state index is 12.7. The number of likely N-dealkylation sites (N-methyl/N-ethyl adjacent to an activating group) is 1. The van der Waals surface area contributed by atoms with E-state index in [1.807, 2.05) is 32.2 Å². The van der Waals surface area contributed by atoms with Crippen molar-refractivity contribution >= 4 is 39.2 Å². The molecule has 0 bridgehead atoms. The molecule has 196 valence electrons. The van der Waals surface area contributed by atoms with Crippen molar-refractivity contribution in [3.05, 3.63) is 72.7 Å². The van der Waals surface area contributed by atoms with E-state index in [-0.39, 0.29) is 0 Å².